The van der Waals surface area contributed by atoms with Crippen molar-refractivity contribution in [2.24, 2.45) is 0 Å². The van der Waals surface area contributed by atoms with Crippen LogP contribution in [0, 0.1) is 13.8 Å². The minimum Gasteiger partial charge on any atom is -0.484 e. The predicted molar refractivity (Wildman–Crippen MR) is 133 cm³/mol. The number of carbonyl (C=O) groups is 2. The highest BCUT2D eigenvalue weighted by Crippen LogP contribution is 2.27. The molecule has 0 aliphatic carbocycles. The Labute approximate surface area is 208 Å². The molecule has 8 heteroatoms. The number of rotatable bonds is 7. The Balaban J connectivity index is 2.24. The van der Waals surface area contributed by atoms with Crippen molar-refractivity contribution in [3.8, 4) is 5.75 Å². The number of aryl methyl sites for hydroxylation is 2. The number of ether oxygens (including phenoxy) is 1. The minimum atomic E-state index is -0.715. The molecule has 1 N–H and O–H groups in total. The average molecular weight is 544 g/mol. The Hall–Kier alpha value is -1.76. The van der Waals surface area contributed by atoms with Gasteiger partial charge in [-0.25, -0.2) is 0 Å². The van der Waals surface area contributed by atoms with Crippen LogP contribution in [0.2, 0.25) is 10.0 Å². The van der Waals surface area contributed by atoms with E-state index in [1.165, 1.54) is 4.90 Å². The first-order chi connectivity index (χ1) is 14.8. The van der Waals surface area contributed by atoms with E-state index in [-0.39, 0.29) is 25.0 Å². The van der Waals surface area contributed by atoms with Gasteiger partial charge in [0.15, 0.2) is 6.61 Å². The Bertz CT molecular complexity index is 982. The van der Waals surface area contributed by atoms with Gasteiger partial charge in [0.25, 0.3) is 5.91 Å². The van der Waals surface area contributed by atoms with Gasteiger partial charge in [0.05, 0.1) is 10.0 Å². The van der Waals surface area contributed by atoms with Crippen molar-refractivity contribution in [1.29, 1.82) is 0 Å². The van der Waals surface area contributed by atoms with Gasteiger partial charge in [-0.15, -0.1) is 0 Å². The van der Waals surface area contributed by atoms with Crippen molar-refractivity contribution in [3.63, 3.8) is 0 Å². The molecule has 0 saturated carbocycles. The van der Waals surface area contributed by atoms with Crippen molar-refractivity contribution in [2.45, 2.75) is 59.7 Å². The molecule has 0 radical (unpaired) electrons. The van der Waals surface area contributed by atoms with E-state index in [4.69, 9.17) is 27.9 Å². The minimum absolute atomic E-state index is 0.191. The Morgan fingerprint density at radius 3 is 2.22 bits per heavy atom. The molecule has 2 aromatic rings. The maximum absolute atomic E-state index is 13.2. The zero-order valence-electron chi connectivity index (χ0n) is 19.2. The number of halogens is 3. The molecule has 1 unspecified atom stereocenters. The average Bonchev–Trinajstić information content (AvgIpc) is 2.69. The lowest BCUT2D eigenvalue weighted by Crippen LogP contribution is -2.53. The molecule has 2 amide bonds. The van der Waals surface area contributed by atoms with E-state index in [9.17, 15) is 9.59 Å². The van der Waals surface area contributed by atoms with Crippen LogP contribution in [0.5, 0.6) is 5.75 Å². The van der Waals surface area contributed by atoms with Gasteiger partial charge in [0.1, 0.15) is 11.8 Å². The molecule has 0 heterocycles. The third kappa shape index (κ3) is 7.39. The summed E-state index contributed by atoms with van der Waals surface area (Å²) in [4.78, 5) is 27.5. The summed E-state index contributed by atoms with van der Waals surface area (Å²) in [5, 5.41) is 3.75. The topological polar surface area (TPSA) is 58.6 Å². The Kier molecular flexibility index (Phi) is 9.03. The van der Waals surface area contributed by atoms with Crippen LogP contribution in [0.4, 0.5) is 0 Å². The summed E-state index contributed by atoms with van der Waals surface area (Å²) in [6.45, 7) is 11.3. The zero-order chi connectivity index (χ0) is 24.2. The number of benzene rings is 2. The highest BCUT2D eigenvalue weighted by molar-refractivity contribution is 9.10. The van der Waals surface area contributed by atoms with Gasteiger partial charge in [-0.05, 0) is 82.5 Å². The molecule has 5 nitrogen and oxygen atoms in total. The van der Waals surface area contributed by atoms with Gasteiger partial charge >= 0.3 is 0 Å². The van der Waals surface area contributed by atoms with E-state index in [0.717, 1.165) is 21.2 Å². The number of hydrogen-bond acceptors (Lipinski definition) is 3. The number of nitrogens with one attached hydrogen (secondary N) is 1. The summed E-state index contributed by atoms with van der Waals surface area (Å²) in [7, 11) is 0. The molecule has 0 bridgehead atoms. The second kappa shape index (κ2) is 10.9. The molecular formula is C24H29BrCl2N2O3. The van der Waals surface area contributed by atoms with Gasteiger partial charge in [0.2, 0.25) is 5.91 Å². The van der Waals surface area contributed by atoms with Crippen LogP contribution < -0.4 is 10.1 Å². The van der Waals surface area contributed by atoms with Gasteiger partial charge in [-0.2, -0.15) is 0 Å². The Morgan fingerprint density at radius 2 is 1.69 bits per heavy atom. The standard InChI is InChI=1S/C24H29BrCl2N2O3/c1-14-9-18(10-15(2)22(14)25)32-13-21(30)29(16(3)23(31)28-24(4,5)6)12-17-7-8-19(26)20(27)11-17/h7-11,16H,12-13H2,1-6H3,(H,28,31). The number of amides is 2. The van der Waals surface area contributed by atoms with Crippen molar-refractivity contribution >= 4 is 50.9 Å². The lowest BCUT2D eigenvalue weighted by atomic mass is 10.1. The first-order valence-electron chi connectivity index (χ1n) is 10.2. The molecule has 32 heavy (non-hydrogen) atoms. The molecule has 2 rings (SSSR count). The second-order valence-corrected chi connectivity index (χ2v) is 10.5. The Morgan fingerprint density at radius 1 is 1.09 bits per heavy atom. The first kappa shape index (κ1) is 26.5. The SMILES string of the molecule is Cc1cc(OCC(=O)N(Cc2ccc(Cl)c(Cl)c2)C(C)C(=O)NC(C)(C)C)cc(C)c1Br. The van der Waals surface area contributed by atoms with E-state index < -0.39 is 11.6 Å². The molecule has 0 aliphatic heterocycles. The van der Waals surface area contributed by atoms with E-state index in [2.05, 4.69) is 21.2 Å². The van der Waals surface area contributed by atoms with Crippen molar-refractivity contribution in [1.82, 2.24) is 10.2 Å². The highest BCUT2D eigenvalue weighted by Gasteiger charge is 2.29. The molecular weight excluding hydrogens is 515 g/mol. The molecule has 1 atom stereocenters. The maximum Gasteiger partial charge on any atom is 0.261 e. The second-order valence-electron chi connectivity index (χ2n) is 8.85. The van der Waals surface area contributed by atoms with Crippen LogP contribution in [0.15, 0.2) is 34.8 Å². The molecule has 0 saturated heterocycles. The predicted octanol–water partition coefficient (Wildman–Crippen LogP) is 6.08. The van der Waals surface area contributed by atoms with E-state index >= 15 is 0 Å². The normalized spacial score (nSPS) is 12.3. The third-order valence-electron chi connectivity index (χ3n) is 4.77. The summed E-state index contributed by atoms with van der Waals surface area (Å²) in [6.07, 6.45) is 0. The van der Waals surface area contributed by atoms with Crippen molar-refractivity contribution < 1.29 is 14.3 Å². The van der Waals surface area contributed by atoms with Crippen LogP contribution >= 0.6 is 39.1 Å². The summed E-state index contributed by atoms with van der Waals surface area (Å²) in [5.41, 5.74) is 2.36. The summed E-state index contributed by atoms with van der Waals surface area (Å²) >= 11 is 15.7. The molecule has 174 valence electrons. The summed E-state index contributed by atoms with van der Waals surface area (Å²) < 4.78 is 6.79. The monoisotopic (exact) mass is 542 g/mol. The first-order valence-corrected chi connectivity index (χ1v) is 11.8. The number of hydrogen-bond donors (Lipinski definition) is 1. The zero-order valence-corrected chi connectivity index (χ0v) is 22.3. The molecule has 0 fully saturated rings. The summed E-state index contributed by atoms with van der Waals surface area (Å²) in [5.74, 6) is 0.0323. The van der Waals surface area contributed by atoms with Gasteiger partial charge < -0.3 is 15.0 Å². The van der Waals surface area contributed by atoms with E-state index in [1.54, 1.807) is 25.1 Å². The quantitative estimate of drug-likeness (QED) is 0.460. The van der Waals surface area contributed by atoms with E-state index in [0.29, 0.717) is 15.8 Å². The fraction of sp³-hybridized carbons (Fsp3) is 0.417. The van der Waals surface area contributed by atoms with Crippen molar-refractivity contribution in [3.05, 3.63) is 61.5 Å². The smallest absolute Gasteiger partial charge is 0.261 e. The van der Waals surface area contributed by atoms with Gasteiger partial charge in [0, 0.05) is 16.6 Å². The van der Waals surface area contributed by atoms with Crippen molar-refractivity contribution in [2.75, 3.05) is 6.61 Å². The molecule has 0 aliphatic rings. The highest BCUT2D eigenvalue weighted by atomic mass is 79.9. The lowest BCUT2D eigenvalue weighted by Gasteiger charge is -2.31. The third-order valence-corrected chi connectivity index (χ3v) is 6.76. The number of carbonyl (C=O) groups excluding carboxylic acids is 2. The van der Waals surface area contributed by atoms with Crippen LogP contribution in [-0.4, -0.2) is 34.9 Å². The largest absolute Gasteiger partial charge is 0.484 e. The van der Waals surface area contributed by atoms with Crippen LogP contribution in [-0.2, 0) is 16.1 Å². The fourth-order valence-electron chi connectivity index (χ4n) is 3.11. The summed E-state index contributed by atoms with van der Waals surface area (Å²) in [6, 6.07) is 8.16. The number of nitrogens with zero attached hydrogens (tertiary/aromatic N) is 1. The van der Waals surface area contributed by atoms with Crippen LogP contribution in [0.1, 0.15) is 44.4 Å². The lowest BCUT2D eigenvalue weighted by molar-refractivity contribution is -0.142. The van der Waals surface area contributed by atoms with Gasteiger partial charge in [-0.3, -0.25) is 9.59 Å². The fourth-order valence-corrected chi connectivity index (χ4v) is 3.66. The van der Waals surface area contributed by atoms with Crippen LogP contribution in [0.25, 0.3) is 0 Å². The molecule has 2 aromatic carbocycles. The maximum atomic E-state index is 13.2. The molecule has 0 spiro atoms. The van der Waals surface area contributed by atoms with Gasteiger partial charge in [-0.1, -0.05) is 45.2 Å². The molecule has 0 aromatic heterocycles. The van der Waals surface area contributed by atoms with E-state index in [1.807, 2.05) is 46.8 Å². The van der Waals surface area contributed by atoms with Crippen LogP contribution in [0.3, 0.4) is 0 Å².